The van der Waals surface area contributed by atoms with Crippen molar-refractivity contribution in [2.75, 3.05) is 18.9 Å². The summed E-state index contributed by atoms with van der Waals surface area (Å²) in [5, 5.41) is 16.4. The molecule has 8 heteroatoms. The van der Waals surface area contributed by atoms with E-state index in [2.05, 4.69) is 25.6 Å². The van der Waals surface area contributed by atoms with E-state index in [9.17, 15) is 9.90 Å². The van der Waals surface area contributed by atoms with Gasteiger partial charge in [-0.05, 0) is 30.8 Å². The third-order valence-corrected chi connectivity index (χ3v) is 3.96. The molecule has 0 spiro atoms. The van der Waals surface area contributed by atoms with Crippen LogP contribution in [0.1, 0.15) is 22.0 Å². The largest absolute Gasteiger partial charge is 0.478 e. The lowest BCUT2D eigenvalue weighted by atomic mass is 10.1. The smallest absolute Gasteiger partial charge is 0.338 e. The number of likely N-dealkylation sites (N-methyl/N-ethyl adjacent to an activating group) is 1. The molecule has 128 valence electrons. The van der Waals surface area contributed by atoms with Crippen LogP contribution in [0.3, 0.4) is 0 Å². The molecule has 0 bridgehead atoms. The molecule has 3 rings (SSSR count). The van der Waals surface area contributed by atoms with E-state index >= 15 is 0 Å². The van der Waals surface area contributed by atoms with Gasteiger partial charge in [-0.1, -0.05) is 23.7 Å². The van der Waals surface area contributed by atoms with Gasteiger partial charge in [0.15, 0.2) is 5.82 Å². The van der Waals surface area contributed by atoms with Crippen LogP contribution in [0.4, 0.5) is 5.82 Å². The molecule has 0 radical (unpaired) electrons. The summed E-state index contributed by atoms with van der Waals surface area (Å²) in [6.07, 6.45) is 2.76. The molecule has 0 unspecified atom stereocenters. The Morgan fingerprint density at radius 3 is 2.80 bits per heavy atom. The number of aromatic nitrogens is 3. The van der Waals surface area contributed by atoms with E-state index < -0.39 is 5.97 Å². The maximum Gasteiger partial charge on any atom is 0.338 e. The number of hydrogen-bond donors (Lipinski definition) is 3. The highest BCUT2D eigenvalue weighted by Crippen LogP contribution is 2.25. The van der Waals surface area contributed by atoms with Crippen LogP contribution < -0.4 is 10.6 Å². The third kappa shape index (κ3) is 3.67. The van der Waals surface area contributed by atoms with Gasteiger partial charge in [-0.15, -0.1) is 0 Å². The minimum absolute atomic E-state index is 0.0865. The Kier molecular flexibility index (Phi) is 5.06. The zero-order valence-corrected chi connectivity index (χ0v) is 14.2. The van der Waals surface area contributed by atoms with Crippen molar-refractivity contribution in [3.05, 3.63) is 59.0 Å². The topological polar surface area (TPSA) is 100 Å². The molecular formula is C17H16ClN5O2. The Labute approximate surface area is 149 Å². The first-order valence-electron chi connectivity index (χ1n) is 7.59. The third-order valence-electron chi connectivity index (χ3n) is 3.72. The lowest BCUT2D eigenvalue weighted by Crippen LogP contribution is -2.24. The van der Waals surface area contributed by atoms with E-state index in [1.54, 1.807) is 0 Å². The van der Waals surface area contributed by atoms with Crippen molar-refractivity contribution in [1.82, 2.24) is 20.3 Å². The molecule has 1 atom stereocenters. The number of fused-ring (bicyclic) bond motifs is 1. The van der Waals surface area contributed by atoms with Crippen molar-refractivity contribution in [2.45, 2.75) is 6.04 Å². The monoisotopic (exact) mass is 357 g/mol. The van der Waals surface area contributed by atoms with Crippen LogP contribution in [-0.4, -0.2) is 39.6 Å². The number of aromatic carboxylic acids is 1. The predicted octanol–water partition coefficient (Wildman–Crippen LogP) is 2.75. The van der Waals surface area contributed by atoms with Crippen molar-refractivity contribution in [2.24, 2.45) is 0 Å². The highest BCUT2D eigenvalue weighted by Gasteiger charge is 2.17. The normalized spacial score (nSPS) is 12.1. The molecule has 0 aliphatic rings. The van der Waals surface area contributed by atoms with Crippen molar-refractivity contribution >= 4 is 34.4 Å². The fraction of sp³-hybridized carbons (Fsp3) is 0.176. The summed E-state index contributed by atoms with van der Waals surface area (Å²) < 4.78 is 0. The van der Waals surface area contributed by atoms with E-state index in [0.717, 1.165) is 5.56 Å². The minimum atomic E-state index is -1.06. The second-order valence-electron chi connectivity index (χ2n) is 5.39. The molecule has 2 heterocycles. The summed E-state index contributed by atoms with van der Waals surface area (Å²) in [5.41, 5.74) is 1.76. The number of hydrogen-bond acceptors (Lipinski definition) is 6. The van der Waals surface area contributed by atoms with Gasteiger partial charge in [0.05, 0.1) is 11.6 Å². The Hall–Kier alpha value is -2.77. The maximum atomic E-state index is 11.4. The first-order chi connectivity index (χ1) is 12.1. The zero-order valence-electron chi connectivity index (χ0n) is 13.4. The quantitative estimate of drug-likeness (QED) is 0.623. The fourth-order valence-corrected chi connectivity index (χ4v) is 2.79. The number of benzene rings is 1. The molecule has 7 nitrogen and oxygen atoms in total. The van der Waals surface area contributed by atoms with E-state index in [1.807, 2.05) is 31.3 Å². The van der Waals surface area contributed by atoms with Gasteiger partial charge < -0.3 is 15.7 Å². The second-order valence-corrected chi connectivity index (χ2v) is 5.83. The van der Waals surface area contributed by atoms with Crippen molar-refractivity contribution < 1.29 is 9.90 Å². The summed E-state index contributed by atoms with van der Waals surface area (Å²) in [5.74, 6) is -0.591. The highest BCUT2D eigenvalue weighted by atomic mass is 35.5. The van der Waals surface area contributed by atoms with Gasteiger partial charge in [0.1, 0.15) is 17.4 Å². The van der Waals surface area contributed by atoms with E-state index in [-0.39, 0.29) is 11.6 Å². The van der Waals surface area contributed by atoms with Gasteiger partial charge in [0, 0.05) is 17.8 Å². The average molecular weight is 358 g/mol. The molecule has 0 amide bonds. The van der Waals surface area contributed by atoms with E-state index in [1.165, 1.54) is 18.6 Å². The number of nitrogens with one attached hydrogen (secondary N) is 2. The molecule has 0 saturated heterocycles. The molecule has 3 aromatic rings. The highest BCUT2D eigenvalue weighted by molar-refractivity contribution is 6.30. The lowest BCUT2D eigenvalue weighted by Gasteiger charge is -2.20. The molecule has 0 fully saturated rings. The summed E-state index contributed by atoms with van der Waals surface area (Å²) >= 11 is 6.09. The Morgan fingerprint density at radius 1 is 1.24 bits per heavy atom. The fourth-order valence-electron chi connectivity index (χ4n) is 2.59. The summed E-state index contributed by atoms with van der Waals surface area (Å²) in [4.78, 5) is 23.9. The average Bonchev–Trinajstić information content (AvgIpc) is 2.61. The van der Waals surface area contributed by atoms with E-state index in [0.29, 0.717) is 28.4 Å². The maximum absolute atomic E-state index is 11.4. The summed E-state index contributed by atoms with van der Waals surface area (Å²) in [6.45, 7) is 0.616. The number of carbonyl (C=O) groups is 1. The van der Waals surface area contributed by atoms with Crippen LogP contribution in [0.5, 0.6) is 0 Å². The molecule has 25 heavy (non-hydrogen) atoms. The summed E-state index contributed by atoms with van der Waals surface area (Å²) in [7, 11) is 1.85. The first kappa shape index (κ1) is 17.1. The first-order valence-corrected chi connectivity index (χ1v) is 7.97. The Morgan fingerprint density at radius 2 is 2.08 bits per heavy atom. The van der Waals surface area contributed by atoms with Crippen LogP contribution in [0, 0.1) is 0 Å². The predicted molar refractivity (Wildman–Crippen MR) is 96.0 cm³/mol. The van der Waals surface area contributed by atoms with Crippen LogP contribution in [-0.2, 0) is 0 Å². The lowest BCUT2D eigenvalue weighted by molar-refractivity contribution is 0.0698. The molecule has 2 aromatic heterocycles. The molecule has 1 aromatic carbocycles. The number of nitrogens with zero attached hydrogens (tertiary/aromatic N) is 3. The van der Waals surface area contributed by atoms with Crippen LogP contribution in [0.2, 0.25) is 5.02 Å². The number of carboxylic acids is 1. The number of carboxylic acid groups (broad SMARTS) is 1. The van der Waals surface area contributed by atoms with Crippen molar-refractivity contribution in [3.63, 3.8) is 0 Å². The molecule has 0 saturated carbocycles. The van der Waals surface area contributed by atoms with Crippen LogP contribution >= 0.6 is 11.6 Å². The van der Waals surface area contributed by atoms with Gasteiger partial charge in [0.25, 0.3) is 0 Å². The molecule has 0 aliphatic carbocycles. The number of halogens is 1. The van der Waals surface area contributed by atoms with Gasteiger partial charge in [0.2, 0.25) is 0 Å². The van der Waals surface area contributed by atoms with Gasteiger partial charge in [-0.2, -0.15) is 0 Å². The molecule has 3 N–H and O–H groups in total. The van der Waals surface area contributed by atoms with Crippen molar-refractivity contribution in [3.8, 4) is 0 Å². The van der Waals surface area contributed by atoms with Gasteiger partial charge in [-0.25, -0.2) is 14.8 Å². The SMILES string of the molecule is CNC[C@@H](Nc1ncnc2c(C(=O)O)ccnc12)c1cccc(Cl)c1. The minimum Gasteiger partial charge on any atom is -0.478 e. The molecular weight excluding hydrogens is 342 g/mol. The molecule has 0 aliphatic heterocycles. The summed E-state index contributed by atoms with van der Waals surface area (Å²) in [6, 6.07) is 8.81. The second kappa shape index (κ2) is 7.42. The number of anilines is 1. The number of pyridine rings is 1. The van der Waals surface area contributed by atoms with Crippen molar-refractivity contribution in [1.29, 1.82) is 0 Å². The van der Waals surface area contributed by atoms with Crippen LogP contribution in [0.25, 0.3) is 11.0 Å². The van der Waals surface area contributed by atoms with Gasteiger partial charge >= 0.3 is 5.97 Å². The van der Waals surface area contributed by atoms with Gasteiger partial charge in [-0.3, -0.25) is 4.98 Å². The Balaban J connectivity index is 2.03. The van der Waals surface area contributed by atoms with E-state index in [4.69, 9.17) is 11.6 Å². The number of rotatable bonds is 6. The zero-order chi connectivity index (χ0) is 17.8. The standard InChI is InChI=1S/C17H16ClN5O2/c1-19-8-13(10-3-2-4-11(18)7-10)23-16-15-14(21-9-22-16)12(17(24)25)5-6-20-15/h2-7,9,13,19H,8H2,1H3,(H,24,25)(H,21,22,23)/t13-/m1/s1. The Bertz CT molecular complexity index is 918. The van der Waals surface area contributed by atoms with Crippen LogP contribution in [0.15, 0.2) is 42.9 Å².